The lowest BCUT2D eigenvalue weighted by atomic mass is 9.89. The van der Waals surface area contributed by atoms with Gasteiger partial charge in [0.2, 0.25) is 5.91 Å². The van der Waals surface area contributed by atoms with Crippen LogP contribution in [0.4, 0.5) is 9.80 Å². The van der Waals surface area contributed by atoms with Gasteiger partial charge in [-0.05, 0) is 54.3 Å². The molecule has 150 valence electrons. The van der Waals surface area contributed by atoms with Crippen LogP contribution in [0.2, 0.25) is 0 Å². The van der Waals surface area contributed by atoms with Crippen LogP contribution in [0.5, 0.6) is 0 Å². The molecule has 1 aromatic carbocycles. The number of nitrogens with one attached hydrogen (secondary N) is 2. The molecule has 1 unspecified atom stereocenters. The van der Waals surface area contributed by atoms with Crippen LogP contribution >= 0.6 is 11.3 Å². The Morgan fingerprint density at radius 3 is 2.76 bits per heavy atom. The Labute approximate surface area is 171 Å². The lowest BCUT2D eigenvalue weighted by Gasteiger charge is -2.23. The highest BCUT2D eigenvalue weighted by Gasteiger charge is 2.49. The molecule has 5 amide bonds. The maximum absolute atomic E-state index is 13.0. The van der Waals surface area contributed by atoms with Crippen molar-refractivity contribution in [3.05, 3.63) is 51.9 Å². The third-order valence-electron chi connectivity index (χ3n) is 5.44. The number of nitrogens with two attached hydrogens (primary N) is 1. The molecular formula is C20H20N4O4S. The average molecular weight is 412 g/mol. The van der Waals surface area contributed by atoms with Crippen LogP contribution in [-0.4, -0.2) is 35.2 Å². The standard InChI is InChI=1S/C20H20N4O4S/c1-20(13-6-5-11-3-2-4-12(11)9-13)18(27)24(19(28)23-20)10-15(25)22-17-14(16(21)26)7-8-29-17/h5-9H,2-4,10H2,1H3,(H2,21,26)(H,22,25)(H,23,28). The molecule has 0 radical (unpaired) electrons. The molecule has 1 aliphatic heterocycles. The summed E-state index contributed by atoms with van der Waals surface area (Å²) in [4.78, 5) is 50.2. The smallest absolute Gasteiger partial charge is 0.325 e. The molecule has 8 nitrogen and oxygen atoms in total. The zero-order chi connectivity index (χ0) is 20.8. The summed E-state index contributed by atoms with van der Waals surface area (Å²) >= 11 is 1.14. The zero-order valence-electron chi connectivity index (χ0n) is 15.8. The minimum atomic E-state index is -1.23. The number of hydrogen-bond donors (Lipinski definition) is 3. The number of carbonyl (C=O) groups excluding carboxylic acids is 4. The fourth-order valence-corrected chi connectivity index (χ4v) is 4.64. The first kappa shape index (κ1) is 19.1. The number of urea groups is 1. The second-order valence-corrected chi connectivity index (χ2v) is 8.28. The van der Waals surface area contributed by atoms with Gasteiger partial charge in [-0.25, -0.2) is 4.79 Å². The number of nitrogens with zero attached hydrogens (tertiary/aromatic N) is 1. The van der Waals surface area contributed by atoms with Gasteiger partial charge in [-0.2, -0.15) is 0 Å². The Morgan fingerprint density at radius 1 is 1.24 bits per heavy atom. The van der Waals surface area contributed by atoms with E-state index < -0.39 is 35.8 Å². The van der Waals surface area contributed by atoms with Crippen LogP contribution in [0.1, 0.15) is 40.4 Å². The zero-order valence-corrected chi connectivity index (χ0v) is 16.6. The van der Waals surface area contributed by atoms with Crippen LogP contribution in [0.25, 0.3) is 0 Å². The first-order chi connectivity index (χ1) is 13.8. The number of imide groups is 1. The van der Waals surface area contributed by atoms with Crippen molar-refractivity contribution < 1.29 is 19.2 Å². The van der Waals surface area contributed by atoms with E-state index in [1.165, 1.54) is 17.2 Å². The van der Waals surface area contributed by atoms with E-state index in [9.17, 15) is 19.2 Å². The largest absolute Gasteiger partial charge is 0.366 e. The summed E-state index contributed by atoms with van der Waals surface area (Å²) in [6, 6.07) is 6.70. The van der Waals surface area contributed by atoms with Crippen molar-refractivity contribution >= 4 is 40.1 Å². The Balaban J connectivity index is 1.51. The van der Waals surface area contributed by atoms with Gasteiger partial charge >= 0.3 is 6.03 Å². The number of rotatable bonds is 5. The third-order valence-corrected chi connectivity index (χ3v) is 6.27. The van der Waals surface area contributed by atoms with Gasteiger partial charge in [0.05, 0.1) is 5.56 Å². The van der Waals surface area contributed by atoms with Gasteiger partial charge in [-0.3, -0.25) is 19.3 Å². The molecule has 29 heavy (non-hydrogen) atoms. The summed E-state index contributed by atoms with van der Waals surface area (Å²) in [6.45, 7) is 1.19. The van der Waals surface area contributed by atoms with Gasteiger partial charge in [-0.1, -0.05) is 18.2 Å². The van der Waals surface area contributed by atoms with E-state index in [0.29, 0.717) is 5.56 Å². The van der Waals surface area contributed by atoms with Crippen molar-refractivity contribution in [2.75, 3.05) is 11.9 Å². The predicted molar refractivity (Wildman–Crippen MR) is 108 cm³/mol. The van der Waals surface area contributed by atoms with Crippen molar-refractivity contribution in [3.63, 3.8) is 0 Å². The molecule has 0 saturated carbocycles. The van der Waals surface area contributed by atoms with Gasteiger partial charge in [0.15, 0.2) is 0 Å². The van der Waals surface area contributed by atoms with Crippen LogP contribution in [0.3, 0.4) is 0 Å². The van der Waals surface area contributed by atoms with E-state index >= 15 is 0 Å². The summed E-state index contributed by atoms with van der Waals surface area (Å²) in [5, 5.41) is 7.17. The molecule has 1 atom stereocenters. The summed E-state index contributed by atoms with van der Waals surface area (Å²) in [6.07, 6.45) is 3.06. The van der Waals surface area contributed by atoms with E-state index in [1.807, 2.05) is 18.2 Å². The SMILES string of the molecule is CC1(c2ccc3c(c2)CCC3)NC(=O)N(CC(=O)Nc2sccc2C(N)=O)C1=O. The van der Waals surface area contributed by atoms with Gasteiger partial charge in [0, 0.05) is 0 Å². The van der Waals surface area contributed by atoms with Gasteiger partial charge in [-0.15, -0.1) is 11.3 Å². The van der Waals surface area contributed by atoms with E-state index in [4.69, 9.17) is 5.73 Å². The quantitative estimate of drug-likeness (QED) is 0.648. The monoisotopic (exact) mass is 412 g/mol. The van der Waals surface area contributed by atoms with Crippen LogP contribution in [0, 0.1) is 0 Å². The van der Waals surface area contributed by atoms with Crippen molar-refractivity contribution in [2.45, 2.75) is 31.7 Å². The van der Waals surface area contributed by atoms with Crippen molar-refractivity contribution in [2.24, 2.45) is 5.73 Å². The number of aryl methyl sites for hydroxylation is 2. The van der Waals surface area contributed by atoms with Gasteiger partial charge < -0.3 is 16.4 Å². The van der Waals surface area contributed by atoms with Gasteiger partial charge in [0.25, 0.3) is 11.8 Å². The Bertz CT molecular complexity index is 1050. The van der Waals surface area contributed by atoms with E-state index in [-0.39, 0.29) is 10.6 Å². The van der Waals surface area contributed by atoms with Crippen LogP contribution in [-0.2, 0) is 28.0 Å². The number of carbonyl (C=O) groups is 4. The fraction of sp³-hybridized carbons (Fsp3) is 0.300. The maximum atomic E-state index is 13.0. The van der Waals surface area contributed by atoms with Crippen LogP contribution < -0.4 is 16.4 Å². The molecule has 2 heterocycles. The summed E-state index contributed by atoms with van der Waals surface area (Å²) in [7, 11) is 0. The predicted octanol–water partition coefficient (Wildman–Crippen LogP) is 1.74. The van der Waals surface area contributed by atoms with Crippen molar-refractivity contribution in [1.29, 1.82) is 0 Å². The molecule has 9 heteroatoms. The first-order valence-electron chi connectivity index (χ1n) is 9.23. The number of fused-ring (bicyclic) bond motifs is 1. The number of thiophene rings is 1. The Hall–Kier alpha value is -3.20. The second kappa shape index (κ2) is 7.00. The minimum Gasteiger partial charge on any atom is -0.366 e. The maximum Gasteiger partial charge on any atom is 0.325 e. The lowest BCUT2D eigenvalue weighted by molar-refractivity contribution is -0.133. The topological polar surface area (TPSA) is 122 Å². The Morgan fingerprint density at radius 2 is 2.00 bits per heavy atom. The normalized spacial score (nSPS) is 20.5. The van der Waals surface area contributed by atoms with Crippen molar-refractivity contribution in [3.8, 4) is 0 Å². The highest BCUT2D eigenvalue weighted by Crippen LogP contribution is 2.32. The molecule has 2 aromatic rings. The molecule has 4 rings (SSSR count). The molecular weight excluding hydrogens is 392 g/mol. The van der Waals surface area contributed by atoms with E-state index in [1.54, 1.807) is 12.3 Å². The summed E-state index contributed by atoms with van der Waals surface area (Å²) in [5.41, 5.74) is 7.39. The van der Waals surface area contributed by atoms with E-state index in [2.05, 4.69) is 10.6 Å². The fourth-order valence-electron chi connectivity index (χ4n) is 3.83. The summed E-state index contributed by atoms with van der Waals surface area (Å²) in [5.74, 6) is -1.74. The molecule has 0 spiro atoms. The highest BCUT2D eigenvalue weighted by molar-refractivity contribution is 7.14. The molecule has 2 aliphatic rings. The Kier molecular flexibility index (Phi) is 4.62. The van der Waals surface area contributed by atoms with E-state index in [0.717, 1.165) is 35.5 Å². The molecule has 1 fully saturated rings. The highest BCUT2D eigenvalue weighted by atomic mass is 32.1. The number of primary amides is 1. The lowest BCUT2D eigenvalue weighted by Crippen LogP contribution is -2.42. The average Bonchev–Trinajstić information content (AvgIpc) is 3.37. The third kappa shape index (κ3) is 3.27. The molecule has 1 aliphatic carbocycles. The van der Waals surface area contributed by atoms with Gasteiger partial charge in [0.1, 0.15) is 17.1 Å². The number of benzene rings is 1. The van der Waals surface area contributed by atoms with Crippen LogP contribution in [0.15, 0.2) is 29.6 Å². The first-order valence-corrected chi connectivity index (χ1v) is 10.1. The molecule has 1 aromatic heterocycles. The number of hydrogen-bond acceptors (Lipinski definition) is 5. The molecule has 1 saturated heterocycles. The summed E-state index contributed by atoms with van der Waals surface area (Å²) < 4.78 is 0. The minimum absolute atomic E-state index is 0.184. The number of amides is 5. The second-order valence-electron chi connectivity index (χ2n) is 7.36. The molecule has 4 N–H and O–H groups in total. The van der Waals surface area contributed by atoms with Crippen molar-refractivity contribution in [1.82, 2.24) is 10.2 Å². The number of anilines is 1. The molecule has 0 bridgehead atoms.